The van der Waals surface area contributed by atoms with Crippen LogP contribution in [0, 0.1) is 5.92 Å². The maximum Gasteiger partial charge on any atom is 0.228 e. The van der Waals surface area contributed by atoms with Gasteiger partial charge in [0.2, 0.25) is 17.7 Å². The summed E-state index contributed by atoms with van der Waals surface area (Å²) in [4.78, 5) is 26.6. The first-order chi connectivity index (χ1) is 16.0. The Morgan fingerprint density at radius 1 is 1.15 bits per heavy atom. The number of hydrogen-bond donors (Lipinski definition) is 2. The fourth-order valence-electron chi connectivity index (χ4n) is 4.63. The van der Waals surface area contributed by atoms with Crippen molar-refractivity contribution < 1.29 is 9.53 Å². The lowest BCUT2D eigenvalue weighted by Crippen LogP contribution is -2.35. The largest absolute Gasteiger partial charge is 0.480 e. The van der Waals surface area contributed by atoms with E-state index in [-0.39, 0.29) is 17.9 Å². The number of methoxy groups -OCH3 is 1. The van der Waals surface area contributed by atoms with E-state index in [1.807, 2.05) is 38.5 Å². The lowest BCUT2D eigenvalue weighted by molar-refractivity contribution is -0.133. The van der Waals surface area contributed by atoms with Crippen LogP contribution in [0.3, 0.4) is 0 Å². The van der Waals surface area contributed by atoms with Crippen molar-refractivity contribution in [1.29, 1.82) is 0 Å². The van der Waals surface area contributed by atoms with Crippen LogP contribution >= 0.6 is 0 Å². The number of carbonyl (C=O) groups is 1. The van der Waals surface area contributed by atoms with Crippen molar-refractivity contribution in [2.75, 3.05) is 26.5 Å². The number of carbonyl (C=O) groups excluding carboxylic acids is 1. The number of aromatic nitrogens is 5. The number of aromatic amines is 1. The van der Waals surface area contributed by atoms with Gasteiger partial charge in [-0.15, -0.1) is 0 Å². The number of H-pyrrole nitrogens is 1. The summed E-state index contributed by atoms with van der Waals surface area (Å²) in [5, 5.41) is 13.4. The Kier molecular flexibility index (Phi) is 5.53. The Balaban J connectivity index is 1.40. The topological polar surface area (TPSA) is 109 Å². The van der Waals surface area contributed by atoms with Crippen LogP contribution in [-0.2, 0) is 4.79 Å². The van der Waals surface area contributed by atoms with Gasteiger partial charge in [0.1, 0.15) is 5.65 Å². The molecule has 0 spiro atoms. The second-order valence-electron chi connectivity index (χ2n) is 8.71. The molecular formula is C24H27N7O2. The normalized spacial score (nSPS) is 18.4. The predicted octanol–water partition coefficient (Wildman–Crippen LogP) is 3.64. The van der Waals surface area contributed by atoms with Crippen LogP contribution in [0.25, 0.3) is 33.1 Å². The van der Waals surface area contributed by atoms with Crippen molar-refractivity contribution in [3.8, 4) is 17.0 Å². The van der Waals surface area contributed by atoms with Crippen LogP contribution in [0.1, 0.15) is 25.7 Å². The van der Waals surface area contributed by atoms with Gasteiger partial charge in [-0.2, -0.15) is 20.2 Å². The molecule has 0 unspecified atom stereocenters. The summed E-state index contributed by atoms with van der Waals surface area (Å²) in [6.07, 6.45) is 7.17. The monoisotopic (exact) mass is 445 g/mol. The van der Waals surface area contributed by atoms with Crippen LogP contribution in [0.5, 0.6) is 5.88 Å². The third-order valence-electron chi connectivity index (χ3n) is 6.37. The third kappa shape index (κ3) is 4.06. The lowest BCUT2D eigenvalue weighted by Gasteiger charge is -2.29. The molecule has 1 aliphatic carbocycles. The zero-order valence-corrected chi connectivity index (χ0v) is 19.0. The molecule has 0 saturated heterocycles. The van der Waals surface area contributed by atoms with Crippen LogP contribution in [0.15, 0.2) is 36.7 Å². The Hall–Kier alpha value is -3.75. The Bertz CT molecular complexity index is 1310. The molecule has 1 aliphatic rings. The molecule has 1 aromatic carbocycles. The van der Waals surface area contributed by atoms with Gasteiger partial charge in [0, 0.05) is 43.2 Å². The van der Waals surface area contributed by atoms with E-state index < -0.39 is 0 Å². The summed E-state index contributed by atoms with van der Waals surface area (Å²) in [6, 6.07) is 8.22. The van der Waals surface area contributed by atoms with Gasteiger partial charge in [-0.3, -0.25) is 4.79 Å². The molecule has 0 bridgehead atoms. The van der Waals surface area contributed by atoms with Gasteiger partial charge in [0.15, 0.2) is 0 Å². The third-order valence-corrected chi connectivity index (χ3v) is 6.37. The van der Waals surface area contributed by atoms with Crippen molar-refractivity contribution in [3.63, 3.8) is 0 Å². The van der Waals surface area contributed by atoms with Crippen LogP contribution in [0.4, 0.5) is 5.95 Å². The molecule has 2 N–H and O–H groups in total. The number of benzene rings is 1. The second kappa shape index (κ2) is 8.65. The van der Waals surface area contributed by atoms with E-state index in [2.05, 4.69) is 31.5 Å². The van der Waals surface area contributed by atoms with E-state index in [9.17, 15) is 4.79 Å². The summed E-state index contributed by atoms with van der Waals surface area (Å²) in [5.41, 5.74) is 3.55. The molecule has 1 fully saturated rings. The molecule has 0 aliphatic heterocycles. The molecule has 4 aromatic rings. The number of amides is 1. The van der Waals surface area contributed by atoms with Gasteiger partial charge in [-0.05, 0) is 49.4 Å². The molecule has 0 radical (unpaired) electrons. The quantitative estimate of drug-likeness (QED) is 0.483. The summed E-state index contributed by atoms with van der Waals surface area (Å²) in [7, 11) is 5.26. The highest BCUT2D eigenvalue weighted by Gasteiger charge is 2.28. The number of nitrogens with one attached hydrogen (secondary N) is 2. The van der Waals surface area contributed by atoms with Crippen molar-refractivity contribution in [2.24, 2.45) is 5.92 Å². The maximum atomic E-state index is 12.2. The van der Waals surface area contributed by atoms with Gasteiger partial charge >= 0.3 is 0 Å². The van der Waals surface area contributed by atoms with Gasteiger partial charge < -0.3 is 19.9 Å². The summed E-state index contributed by atoms with van der Waals surface area (Å²) in [6.45, 7) is 0. The molecule has 9 nitrogen and oxygen atoms in total. The first kappa shape index (κ1) is 21.1. The van der Waals surface area contributed by atoms with Crippen molar-refractivity contribution in [3.05, 3.63) is 36.7 Å². The average Bonchev–Trinajstić information content (AvgIpc) is 3.27. The molecule has 33 heavy (non-hydrogen) atoms. The average molecular weight is 446 g/mol. The van der Waals surface area contributed by atoms with Crippen LogP contribution in [0.2, 0.25) is 0 Å². The molecule has 9 heteroatoms. The maximum absolute atomic E-state index is 12.2. The number of hydrogen-bond acceptors (Lipinski definition) is 7. The summed E-state index contributed by atoms with van der Waals surface area (Å²) < 4.78 is 5.66. The van der Waals surface area contributed by atoms with Crippen LogP contribution in [-0.4, -0.2) is 63.2 Å². The van der Waals surface area contributed by atoms with Gasteiger partial charge in [0.25, 0.3) is 0 Å². The number of nitrogens with zero attached hydrogens (tertiary/aromatic N) is 5. The van der Waals surface area contributed by atoms with E-state index in [0.717, 1.165) is 53.1 Å². The van der Waals surface area contributed by atoms with Crippen molar-refractivity contribution in [2.45, 2.75) is 31.7 Å². The number of rotatable bonds is 5. The molecule has 0 atom stereocenters. The number of fused-ring (bicyclic) bond motifs is 2. The Morgan fingerprint density at radius 3 is 2.73 bits per heavy atom. The van der Waals surface area contributed by atoms with E-state index in [0.29, 0.717) is 17.5 Å². The minimum absolute atomic E-state index is 0.106. The van der Waals surface area contributed by atoms with Gasteiger partial charge in [0.05, 0.1) is 24.2 Å². The van der Waals surface area contributed by atoms with E-state index >= 15 is 0 Å². The Morgan fingerprint density at radius 2 is 1.97 bits per heavy atom. The minimum Gasteiger partial charge on any atom is -0.480 e. The second-order valence-corrected chi connectivity index (χ2v) is 8.71. The fourth-order valence-corrected chi connectivity index (χ4v) is 4.63. The van der Waals surface area contributed by atoms with Crippen molar-refractivity contribution in [1.82, 2.24) is 30.0 Å². The SMILES string of the molecule is COc1nc(N[C@H]2CC[C@@H](C(=O)N(C)C)CC2)nc2[nH]cc(-c3ccc4nnccc4c3)c12. The predicted molar refractivity (Wildman–Crippen MR) is 127 cm³/mol. The molecular weight excluding hydrogens is 418 g/mol. The van der Waals surface area contributed by atoms with E-state index in [1.165, 1.54) is 0 Å². The van der Waals surface area contributed by atoms with E-state index in [4.69, 9.17) is 9.72 Å². The molecule has 170 valence electrons. The molecule has 1 saturated carbocycles. The summed E-state index contributed by atoms with van der Waals surface area (Å²) >= 11 is 0. The smallest absolute Gasteiger partial charge is 0.228 e. The zero-order chi connectivity index (χ0) is 22.9. The molecule has 5 rings (SSSR count). The number of ether oxygens (including phenoxy) is 1. The number of anilines is 1. The molecule has 1 amide bonds. The summed E-state index contributed by atoms with van der Waals surface area (Å²) in [5.74, 6) is 1.37. The van der Waals surface area contributed by atoms with Crippen molar-refractivity contribution >= 4 is 33.8 Å². The highest BCUT2D eigenvalue weighted by atomic mass is 16.5. The zero-order valence-electron chi connectivity index (χ0n) is 19.0. The standard InChI is InChI=1S/C24H27N7O2/c1-31(2)23(32)14-4-7-17(8-5-14)27-24-28-21-20(22(29-24)33-3)18(13-25-21)15-6-9-19-16(12-15)10-11-26-30-19/h6,9-14,17H,4-5,7-8H2,1-3H3,(H2,25,27,28,29)/t14-,17+. The lowest BCUT2D eigenvalue weighted by atomic mass is 9.85. The highest BCUT2D eigenvalue weighted by molar-refractivity contribution is 5.99. The minimum atomic E-state index is 0.106. The molecule has 3 aromatic heterocycles. The van der Waals surface area contributed by atoms with Crippen LogP contribution < -0.4 is 10.1 Å². The van der Waals surface area contributed by atoms with E-state index in [1.54, 1.807) is 18.2 Å². The van der Waals surface area contributed by atoms with Gasteiger partial charge in [-0.1, -0.05) is 6.07 Å². The first-order valence-corrected chi connectivity index (χ1v) is 11.2. The van der Waals surface area contributed by atoms with Gasteiger partial charge in [-0.25, -0.2) is 0 Å². The highest BCUT2D eigenvalue weighted by Crippen LogP contribution is 2.36. The first-order valence-electron chi connectivity index (χ1n) is 11.2. The molecule has 3 heterocycles. The Labute approximate surface area is 191 Å². The fraction of sp³-hybridized carbons (Fsp3) is 0.375.